The molecule has 3 aromatic rings. The molecule has 4 rings (SSSR count). The highest BCUT2D eigenvalue weighted by molar-refractivity contribution is 6.03. The van der Waals surface area contributed by atoms with Gasteiger partial charge in [-0.05, 0) is 35.4 Å². The van der Waals surface area contributed by atoms with Gasteiger partial charge in [-0.1, -0.05) is 54.6 Å². The Hall–Kier alpha value is -3.44. The molecule has 2 atom stereocenters. The fraction of sp³-hybridized carbons (Fsp3) is 0.130. The zero-order valence-corrected chi connectivity index (χ0v) is 14.9. The normalized spacial score (nSPS) is 17.7. The van der Waals surface area contributed by atoms with Crippen molar-refractivity contribution in [2.45, 2.75) is 18.8 Å². The lowest BCUT2D eigenvalue weighted by molar-refractivity contribution is 0.0696. The molecular formula is C23H18O5. The number of carbonyl (C=O) groups excluding carboxylic acids is 1. The molecule has 1 fully saturated rings. The highest BCUT2D eigenvalue weighted by atomic mass is 16.6. The van der Waals surface area contributed by atoms with E-state index in [1.54, 1.807) is 30.3 Å². The molecule has 0 aliphatic carbocycles. The van der Waals surface area contributed by atoms with Gasteiger partial charge in [-0.25, -0.2) is 4.79 Å². The minimum absolute atomic E-state index is 0.143. The molecule has 0 radical (unpaired) electrons. The number of benzene rings is 3. The van der Waals surface area contributed by atoms with Gasteiger partial charge in [0.15, 0.2) is 11.9 Å². The van der Waals surface area contributed by atoms with Crippen LogP contribution in [0.4, 0.5) is 0 Å². The number of carboxylic acid groups (broad SMARTS) is 1. The van der Waals surface area contributed by atoms with Crippen LogP contribution in [0.25, 0.3) is 0 Å². The number of carboxylic acids is 1. The number of hydrogen-bond acceptors (Lipinski definition) is 4. The SMILES string of the molecule is O=C(O)c1ccc([C@@H]2O[C@H]2C(=O)c2ccccc2OCc2ccccc2)cc1. The van der Waals surface area contributed by atoms with Crippen molar-refractivity contribution in [1.82, 2.24) is 0 Å². The molecule has 1 heterocycles. The van der Waals surface area contributed by atoms with Gasteiger partial charge in [-0.15, -0.1) is 0 Å². The van der Waals surface area contributed by atoms with Crippen LogP contribution in [0.2, 0.25) is 0 Å². The average Bonchev–Trinajstić information content (AvgIpc) is 3.54. The molecule has 0 bridgehead atoms. The first kappa shape index (κ1) is 17.9. The number of carbonyl (C=O) groups is 2. The number of rotatable bonds is 7. The summed E-state index contributed by atoms with van der Waals surface area (Å²) < 4.78 is 11.4. The van der Waals surface area contributed by atoms with Crippen LogP contribution in [-0.4, -0.2) is 23.0 Å². The standard InChI is InChI=1S/C23H18O5/c24-20(22-21(28-22)16-10-12-17(13-11-16)23(25)26)18-8-4-5-9-19(18)27-14-15-6-2-1-3-7-15/h1-13,21-22H,14H2,(H,25,26)/t21-,22-/m0/s1. The molecule has 1 aliphatic rings. The molecule has 3 aromatic carbocycles. The minimum atomic E-state index is -0.986. The summed E-state index contributed by atoms with van der Waals surface area (Å²) in [6.45, 7) is 0.372. The van der Waals surface area contributed by atoms with Crippen LogP contribution >= 0.6 is 0 Å². The summed E-state index contributed by atoms with van der Waals surface area (Å²) in [6, 6.07) is 23.2. The summed E-state index contributed by atoms with van der Waals surface area (Å²) in [7, 11) is 0. The van der Waals surface area contributed by atoms with Gasteiger partial charge in [0.25, 0.3) is 0 Å². The fourth-order valence-corrected chi connectivity index (χ4v) is 3.07. The molecule has 0 amide bonds. The van der Waals surface area contributed by atoms with Crippen molar-refractivity contribution < 1.29 is 24.2 Å². The van der Waals surface area contributed by atoms with Crippen molar-refractivity contribution >= 4 is 11.8 Å². The largest absolute Gasteiger partial charge is 0.488 e. The van der Waals surface area contributed by atoms with E-state index in [-0.39, 0.29) is 17.5 Å². The summed E-state index contributed by atoms with van der Waals surface area (Å²) in [5.74, 6) is -0.608. The average molecular weight is 374 g/mol. The summed E-state index contributed by atoms with van der Waals surface area (Å²) in [4.78, 5) is 23.9. The van der Waals surface area contributed by atoms with E-state index in [0.29, 0.717) is 17.9 Å². The quantitative estimate of drug-likeness (QED) is 0.493. The molecule has 0 spiro atoms. The maximum Gasteiger partial charge on any atom is 0.335 e. The third-order valence-corrected chi connectivity index (χ3v) is 4.63. The molecule has 140 valence electrons. The van der Waals surface area contributed by atoms with Crippen molar-refractivity contribution in [2.75, 3.05) is 0 Å². The van der Waals surface area contributed by atoms with E-state index in [1.165, 1.54) is 12.1 Å². The van der Waals surface area contributed by atoms with E-state index >= 15 is 0 Å². The number of para-hydroxylation sites is 1. The first-order chi connectivity index (χ1) is 13.6. The zero-order valence-electron chi connectivity index (χ0n) is 14.9. The molecule has 0 saturated carbocycles. The van der Waals surface area contributed by atoms with Crippen LogP contribution in [0, 0.1) is 0 Å². The van der Waals surface area contributed by atoms with Gasteiger partial charge in [0, 0.05) is 0 Å². The molecule has 0 unspecified atom stereocenters. The summed E-state index contributed by atoms with van der Waals surface area (Å²) in [6.07, 6.45) is -0.949. The van der Waals surface area contributed by atoms with E-state index in [4.69, 9.17) is 14.6 Å². The minimum Gasteiger partial charge on any atom is -0.488 e. The second-order valence-electron chi connectivity index (χ2n) is 6.54. The Morgan fingerprint density at radius 1 is 0.893 bits per heavy atom. The van der Waals surface area contributed by atoms with E-state index in [1.807, 2.05) is 36.4 Å². The topological polar surface area (TPSA) is 76.1 Å². The molecule has 28 heavy (non-hydrogen) atoms. The van der Waals surface area contributed by atoms with Gasteiger partial charge < -0.3 is 14.6 Å². The Labute approximate surface area is 162 Å². The fourth-order valence-electron chi connectivity index (χ4n) is 3.07. The third kappa shape index (κ3) is 3.80. The molecule has 5 nitrogen and oxygen atoms in total. The highest BCUT2D eigenvalue weighted by Gasteiger charge is 2.46. The molecule has 1 N–H and O–H groups in total. The van der Waals surface area contributed by atoms with E-state index < -0.39 is 12.1 Å². The number of aromatic carboxylic acids is 1. The van der Waals surface area contributed by atoms with Gasteiger partial charge in [0.1, 0.15) is 18.5 Å². The Morgan fingerprint density at radius 2 is 1.57 bits per heavy atom. The lowest BCUT2D eigenvalue weighted by atomic mass is 10.0. The number of ether oxygens (including phenoxy) is 2. The Morgan fingerprint density at radius 3 is 2.29 bits per heavy atom. The maximum atomic E-state index is 12.9. The first-order valence-corrected chi connectivity index (χ1v) is 8.92. The van der Waals surface area contributed by atoms with Gasteiger partial charge in [0.05, 0.1) is 11.1 Å². The lowest BCUT2D eigenvalue weighted by Gasteiger charge is -2.10. The molecule has 1 aliphatic heterocycles. The van der Waals surface area contributed by atoms with Crippen LogP contribution in [0.5, 0.6) is 5.75 Å². The summed E-state index contributed by atoms with van der Waals surface area (Å²) in [5.41, 5.74) is 2.48. The van der Waals surface area contributed by atoms with E-state index in [9.17, 15) is 9.59 Å². The second kappa shape index (κ2) is 7.66. The van der Waals surface area contributed by atoms with Crippen molar-refractivity contribution in [1.29, 1.82) is 0 Å². The number of Topliss-reactive ketones (excluding diaryl/α,β-unsaturated/α-hetero) is 1. The van der Waals surface area contributed by atoms with E-state index in [0.717, 1.165) is 11.1 Å². The van der Waals surface area contributed by atoms with Gasteiger partial charge in [-0.2, -0.15) is 0 Å². The van der Waals surface area contributed by atoms with Gasteiger partial charge in [0.2, 0.25) is 0 Å². The lowest BCUT2D eigenvalue weighted by Crippen LogP contribution is -2.11. The van der Waals surface area contributed by atoms with Crippen molar-refractivity contribution in [3.05, 3.63) is 101 Å². The van der Waals surface area contributed by atoms with E-state index in [2.05, 4.69) is 0 Å². The maximum absolute atomic E-state index is 12.9. The summed E-state index contributed by atoms with van der Waals surface area (Å²) >= 11 is 0. The second-order valence-corrected chi connectivity index (χ2v) is 6.54. The Kier molecular flexibility index (Phi) is 4.91. The van der Waals surface area contributed by atoms with Crippen LogP contribution in [0.1, 0.15) is 37.9 Å². The zero-order chi connectivity index (χ0) is 19.5. The highest BCUT2D eigenvalue weighted by Crippen LogP contribution is 2.41. The van der Waals surface area contributed by atoms with Crippen LogP contribution in [-0.2, 0) is 11.3 Å². The number of epoxide rings is 1. The number of ketones is 1. The van der Waals surface area contributed by atoms with Crippen molar-refractivity contribution in [2.24, 2.45) is 0 Å². The van der Waals surface area contributed by atoms with Crippen LogP contribution in [0.15, 0.2) is 78.9 Å². The monoisotopic (exact) mass is 374 g/mol. The predicted molar refractivity (Wildman–Crippen MR) is 103 cm³/mol. The Balaban J connectivity index is 1.46. The Bertz CT molecular complexity index is 995. The van der Waals surface area contributed by atoms with Crippen LogP contribution < -0.4 is 4.74 Å². The molecule has 0 aromatic heterocycles. The number of hydrogen-bond donors (Lipinski definition) is 1. The summed E-state index contributed by atoms with van der Waals surface area (Å²) in [5, 5.41) is 8.98. The van der Waals surface area contributed by atoms with Crippen molar-refractivity contribution in [3.8, 4) is 5.75 Å². The predicted octanol–water partition coefficient (Wildman–Crippen LogP) is 4.29. The molecule has 5 heteroatoms. The third-order valence-electron chi connectivity index (χ3n) is 4.63. The smallest absolute Gasteiger partial charge is 0.335 e. The van der Waals surface area contributed by atoms with Crippen LogP contribution in [0.3, 0.4) is 0 Å². The molecular weight excluding hydrogens is 356 g/mol. The van der Waals surface area contributed by atoms with Gasteiger partial charge in [-0.3, -0.25) is 4.79 Å². The first-order valence-electron chi connectivity index (χ1n) is 8.92. The van der Waals surface area contributed by atoms with Gasteiger partial charge >= 0.3 is 5.97 Å². The van der Waals surface area contributed by atoms with Crippen molar-refractivity contribution in [3.63, 3.8) is 0 Å². The molecule has 1 saturated heterocycles.